The van der Waals surface area contributed by atoms with Gasteiger partial charge in [-0.3, -0.25) is 4.90 Å². The standard InChI is InChI=1S/C13H23NO3/c1-12(2,3)17-11(16)14-9-8-13(10(14)15)6-4-5-7-13/h10,15H,4-9H2,1-3H3. The summed E-state index contributed by atoms with van der Waals surface area (Å²) in [5.41, 5.74) is -0.543. The van der Waals surface area contributed by atoms with Crippen molar-refractivity contribution in [3.05, 3.63) is 0 Å². The van der Waals surface area contributed by atoms with E-state index in [9.17, 15) is 9.90 Å². The van der Waals surface area contributed by atoms with Gasteiger partial charge in [0.05, 0.1) is 0 Å². The molecule has 1 amide bonds. The minimum Gasteiger partial charge on any atom is -0.444 e. The molecule has 0 bridgehead atoms. The van der Waals surface area contributed by atoms with Crippen molar-refractivity contribution in [2.24, 2.45) is 5.41 Å². The monoisotopic (exact) mass is 241 g/mol. The normalized spacial score (nSPS) is 27.8. The Kier molecular flexibility index (Phi) is 3.10. The average molecular weight is 241 g/mol. The molecule has 0 aromatic carbocycles. The fourth-order valence-corrected chi connectivity index (χ4v) is 3.02. The van der Waals surface area contributed by atoms with Crippen LogP contribution in [0.5, 0.6) is 0 Å². The molecule has 1 aliphatic carbocycles. The number of hydrogen-bond acceptors (Lipinski definition) is 3. The second-order valence-electron chi connectivity index (χ2n) is 6.37. The van der Waals surface area contributed by atoms with Crippen molar-refractivity contribution in [2.75, 3.05) is 6.54 Å². The van der Waals surface area contributed by atoms with Crippen LogP contribution in [0.15, 0.2) is 0 Å². The van der Waals surface area contributed by atoms with Gasteiger partial charge in [0.2, 0.25) is 0 Å². The topological polar surface area (TPSA) is 49.8 Å². The minimum atomic E-state index is -0.653. The Morgan fingerprint density at radius 1 is 1.29 bits per heavy atom. The number of likely N-dealkylation sites (tertiary alicyclic amines) is 1. The van der Waals surface area contributed by atoms with Crippen LogP contribution in [-0.2, 0) is 4.74 Å². The molecule has 0 aromatic heterocycles. The first kappa shape index (κ1) is 12.7. The van der Waals surface area contributed by atoms with Crippen molar-refractivity contribution < 1.29 is 14.6 Å². The van der Waals surface area contributed by atoms with Gasteiger partial charge in [-0.2, -0.15) is 0 Å². The zero-order valence-electron chi connectivity index (χ0n) is 11.0. The third kappa shape index (κ3) is 2.41. The van der Waals surface area contributed by atoms with E-state index >= 15 is 0 Å². The first-order valence-corrected chi connectivity index (χ1v) is 6.52. The minimum absolute atomic E-state index is 0.0447. The van der Waals surface area contributed by atoms with Gasteiger partial charge in [-0.1, -0.05) is 12.8 Å². The lowest BCUT2D eigenvalue weighted by Gasteiger charge is -2.32. The molecule has 2 fully saturated rings. The van der Waals surface area contributed by atoms with Crippen LogP contribution in [0.25, 0.3) is 0 Å². The molecular formula is C13H23NO3. The van der Waals surface area contributed by atoms with E-state index in [1.165, 1.54) is 17.7 Å². The fraction of sp³-hybridized carbons (Fsp3) is 0.923. The molecule has 1 atom stereocenters. The van der Waals surface area contributed by atoms with E-state index in [-0.39, 0.29) is 11.5 Å². The predicted molar refractivity (Wildman–Crippen MR) is 64.5 cm³/mol. The van der Waals surface area contributed by atoms with Crippen molar-refractivity contribution in [3.63, 3.8) is 0 Å². The second-order valence-corrected chi connectivity index (χ2v) is 6.37. The van der Waals surface area contributed by atoms with E-state index in [0.29, 0.717) is 6.54 Å². The number of ether oxygens (including phenoxy) is 1. The van der Waals surface area contributed by atoms with E-state index in [2.05, 4.69) is 0 Å². The molecule has 1 N–H and O–H groups in total. The summed E-state index contributed by atoms with van der Waals surface area (Å²) in [5.74, 6) is 0. The second kappa shape index (κ2) is 4.16. The van der Waals surface area contributed by atoms with Crippen molar-refractivity contribution in [1.82, 2.24) is 4.90 Å². The number of rotatable bonds is 0. The number of nitrogens with zero attached hydrogens (tertiary/aromatic N) is 1. The van der Waals surface area contributed by atoms with Gasteiger partial charge < -0.3 is 9.84 Å². The highest BCUT2D eigenvalue weighted by molar-refractivity contribution is 5.69. The molecular weight excluding hydrogens is 218 g/mol. The Bertz CT molecular complexity index is 302. The molecule has 98 valence electrons. The van der Waals surface area contributed by atoms with Gasteiger partial charge in [0.15, 0.2) is 0 Å². The molecule has 1 saturated heterocycles. The molecule has 4 nitrogen and oxygen atoms in total. The highest BCUT2D eigenvalue weighted by atomic mass is 16.6. The summed E-state index contributed by atoms with van der Waals surface area (Å²) in [6.45, 7) is 6.16. The van der Waals surface area contributed by atoms with Crippen molar-refractivity contribution in [1.29, 1.82) is 0 Å². The average Bonchev–Trinajstić information content (AvgIpc) is 2.75. The van der Waals surface area contributed by atoms with Crippen LogP contribution in [0.1, 0.15) is 52.9 Å². The molecule has 1 heterocycles. The summed E-state index contributed by atoms with van der Waals surface area (Å²) in [4.78, 5) is 13.5. The summed E-state index contributed by atoms with van der Waals surface area (Å²) in [6, 6.07) is 0. The number of amides is 1. The van der Waals surface area contributed by atoms with E-state index in [4.69, 9.17) is 4.74 Å². The maximum absolute atomic E-state index is 12.0. The van der Waals surface area contributed by atoms with Crippen LogP contribution in [0, 0.1) is 5.41 Å². The summed E-state index contributed by atoms with van der Waals surface area (Å²) in [5, 5.41) is 10.3. The molecule has 0 radical (unpaired) electrons. The van der Waals surface area contributed by atoms with Gasteiger partial charge in [0.1, 0.15) is 11.8 Å². The quantitative estimate of drug-likeness (QED) is 0.709. The lowest BCUT2D eigenvalue weighted by atomic mass is 9.84. The molecule has 1 unspecified atom stereocenters. The van der Waals surface area contributed by atoms with Crippen LogP contribution in [0.3, 0.4) is 0 Å². The maximum Gasteiger partial charge on any atom is 0.412 e. The van der Waals surface area contributed by atoms with Crippen LogP contribution in [-0.4, -0.2) is 34.5 Å². The molecule has 2 rings (SSSR count). The smallest absolute Gasteiger partial charge is 0.412 e. The SMILES string of the molecule is CC(C)(C)OC(=O)N1CCC2(CCCC2)C1O. The van der Waals surface area contributed by atoms with Crippen LogP contribution in [0.2, 0.25) is 0 Å². The lowest BCUT2D eigenvalue weighted by Crippen LogP contribution is -2.44. The molecule has 2 aliphatic rings. The first-order valence-electron chi connectivity index (χ1n) is 6.52. The van der Waals surface area contributed by atoms with Crippen LogP contribution >= 0.6 is 0 Å². The van der Waals surface area contributed by atoms with Crippen molar-refractivity contribution in [3.8, 4) is 0 Å². The van der Waals surface area contributed by atoms with Gasteiger partial charge in [0, 0.05) is 12.0 Å². The van der Waals surface area contributed by atoms with Gasteiger partial charge in [-0.25, -0.2) is 4.79 Å². The molecule has 17 heavy (non-hydrogen) atoms. The molecule has 1 spiro atoms. The predicted octanol–water partition coefficient (Wildman–Crippen LogP) is 2.51. The van der Waals surface area contributed by atoms with E-state index < -0.39 is 11.8 Å². The van der Waals surface area contributed by atoms with Crippen molar-refractivity contribution >= 4 is 6.09 Å². The Balaban J connectivity index is 2.02. The van der Waals surface area contributed by atoms with Crippen LogP contribution < -0.4 is 0 Å². The maximum atomic E-state index is 12.0. The number of carbonyl (C=O) groups is 1. The Labute approximate surface area is 103 Å². The fourth-order valence-electron chi connectivity index (χ4n) is 3.02. The van der Waals surface area contributed by atoms with E-state index in [1.807, 2.05) is 20.8 Å². The number of aliphatic hydroxyl groups excluding tert-OH is 1. The Hall–Kier alpha value is -0.770. The zero-order chi connectivity index (χ0) is 12.7. The molecule has 0 aromatic rings. The number of hydrogen-bond donors (Lipinski definition) is 1. The third-order valence-electron chi connectivity index (χ3n) is 3.92. The molecule has 1 aliphatic heterocycles. The van der Waals surface area contributed by atoms with Gasteiger partial charge in [0.25, 0.3) is 0 Å². The van der Waals surface area contributed by atoms with Gasteiger partial charge in [-0.15, -0.1) is 0 Å². The first-order chi connectivity index (χ1) is 7.84. The highest BCUT2D eigenvalue weighted by Crippen LogP contribution is 2.48. The van der Waals surface area contributed by atoms with Gasteiger partial charge in [-0.05, 0) is 40.0 Å². The summed E-state index contributed by atoms with van der Waals surface area (Å²) in [7, 11) is 0. The van der Waals surface area contributed by atoms with Gasteiger partial charge >= 0.3 is 6.09 Å². The number of aliphatic hydroxyl groups is 1. The Morgan fingerprint density at radius 3 is 2.41 bits per heavy atom. The summed E-state index contributed by atoms with van der Waals surface area (Å²) in [6.07, 6.45) is 4.28. The Morgan fingerprint density at radius 2 is 1.88 bits per heavy atom. The van der Waals surface area contributed by atoms with Crippen LogP contribution in [0.4, 0.5) is 4.79 Å². The third-order valence-corrected chi connectivity index (χ3v) is 3.92. The lowest BCUT2D eigenvalue weighted by molar-refractivity contribution is -0.0512. The number of carbonyl (C=O) groups excluding carboxylic acids is 1. The summed E-state index contributed by atoms with van der Waals surface area (Å²) >= 11 is 0. The highest BCUT2D eigenvalue weighted by Gasteiger charge is 2.50. The molecule has 4 heteroatoms. The zero-order valence-corrected chi connectivity index (χ0v) is 11.0. The van der Waals surface area contributed by atoms with Crippen molar-refractivity contribution in [2.45, 2.75) is 64.7 Å². The molecule has 1 saturated carbocycles. The summed E-state index contributed by atoms with van der Waals surface area (Å²) < 4.78 is 5.32. The largest absolute Gasteiger partial charge is 0.444 e. The van der Waals surface area contributed by atoms with E-state index in [0.717, 1.165) is 19.3 Å². The van der Waals surface area contributed by atoms with E-state index in [1.54, 1.807) is 0 Å².